The topological polar surface area (TPSA) is 127 Å². The summed E-state index contributed by atoms with van der Waals surface area (Å²) in [5, 5.41) is 6.73. The number of hydrogen-bond acceptors (Lipinski definition) is 7. The maximum atomic E-state index is 12.9. The summed E-state index contributed by atoms with van der Waals surface area (Å²) in [6, 6.07) is 19.4. The van der Waals surface area contributed by atoms with Gasteiger partial charge in [0.1, 0.15) is 24.3 Å². The smallest absolute Gasteiger partial charge is 0.315 e. The van der Waals surface area contributed by atoms with E-state index in [-0.39, 0.29) is 31.2 Å². The third-order valence-corrected chi connectivity index (χ3v) is 7.52. The van der Waals surface area contributed by atoms with Gasteiger partial charge in [0.15, 0.2) is 0 Å². The van der Waals surface area contributed by atoms with Crippen LogP contribution in [0.2, 0.25) is 10.0 Å². The number of benzene rings is 3. The van der Waals surface area contributed by atoms with Crippen molar-refractivity contribution in [3.8, 4) is 5.75 Å². The van der Waals surface area contributed by atoms with E-state index < -0.39 is 23.7 Å². The van der Waals surface area contributed by atoms with Crippen LogP contribution >= 0.6 is 23.2 Å². The van der Waals surface area contributed by atoms with Crippen LogP contribution in [-0.4, -0.2) is 48.9 Å². The Kier molecular flexibility index (Phi) is 11.7. The van der Waals surface area contributed by atoms with Gasteiger partial charge in [0.25, 0.3) is 0 Å². The minimum atomic E-state index is -0.605. The molecule has 0 aliphatic carbocycles. The number of halogens is 2. The largest absolute Gasteiger partial charge is 0.487 e. The van der Waals surface area contributed by atoms with Gasteiger partial charge in [-0.25, -0.2) is 4.98 Å². The van der Waals surface area contributed by atoms with E-state index >= 15 is 0 Å². The normalized spacial score (nSPS) is 10.9. The number of likely N-dealkylation sites (N-methyl/N-ethyl adjacent to an activating group) is 1. The summed E-state index contributed by atoms with van der Waals surface area (Å²) in [5.74, 6) is -1.41. The fraction of sp³-hybridized carbons (Fsp3) is 0.206. The minimum absolute atomic E-state index is 0.0464. The SMILES string of the molecule is CCOC(=O)CC(=O)Nc1ccc(/C=C/C(=O)NCC(=O)N(C)c2ccc(Cl)c(COc3cccc4ccc(C)nc34)c2Cl)cc1. The van der Waals surface area contributed by atoms with Gasteiger partial charge in [-0.2, -0.15) is 0 Å². The molecule has 0 unspecified atom stereocenters. The minimum Gasteiger partial charge on any atom is -0.487 e. The van der Waals surface area contributed by atoms with Crippen molar-refractivity contribution in [2.75, 3.05) is 30.4 Å². The molecule has 4 rings (SSSR count). The molecule has 238 valence electrons. The lowest BCUT2D eigenvalue weighted by atomic mass is 10.1. The van der Waals surface area contributed by atoms with Gasteiger partial charge in [-0.05, 0) is 61.9 Å². The van der Waals surface area contributed by atoms with Crippen LogP contribution in [0.1, 0.15) is 30.2 Å². The van der Waals surface area contributed by atoms with E-state index in [0.29, 0.717) is 33.3 Å². The number of carbonyl (C=O) groups excluding carboxylic acids is 4. The zero-order valence-electron chi connectivity index (χ0n) is 25.4. The lowest BCUT2D eigenvalue weighted by molar-refractivity contribution is -0.145. The summed E-state index contributed by atoms with van der Waals surface area (Å²) >= 11 is 13.2. The molecule has 1 aromatic heterocycles. The number of nitrogens with one attached hydrogen (secondary N) is 2. The fourth-order valence-corrected chi connectivity index (χ4v) is 4.94. The predicted molar refractivity (Wildman–Crippen MR) is 179 cm³/mol. The van der Waals surface area contributed by atoms with Crippen molar-refractivity contribution in [1.82, 2.24) is 10.3 Å². The van der Waals surface area contributed by atoms with Crippen LogP contribution in [0.15, 0.2) is 72.8 Å². The maximum Gasteiger partial charge on any atom is 0.315 e. The molecule has 0 radical (unpaired) electrons. The standard InChI is InChI=1S/C34H32Cl2N4O6/c1-4-45-32(44)18-30(42)39-24-13-9-22(10-14-24)11-17-29(41)37-19-31(43)40(3)27-16-15-26(35)25(33(27)36)20-46-28-7-5-6-23-12-8-21(2)38-34(23)28/h5-17H,4,18-20H2,1-3H3,(H,37,41)(H,39,42)/b17-11+. The van der Waals surface area contributed by atoms with E-state index in [1.54, 1.807) is 56.4 Å². The third-order valence-electron chi connectivity index (χ3n) is 6.74. The lowest BCUT2D eigenvalue weighted by Crippen LogP contribution is -2.37. The molecular weight excluding hydrogens is 631 g/mol. The molecule has 12 heteroatoms. The van der Waals surface area contributed by atoms with Gasteiger partial charge in [-0.1, -0.05) is 53.5 Å². The van der Waals surface area contributed by atoms with E-state index in [1.807, 2.05) is 37.3 Å². The van der Waals surface area contributed by atoms with Crippen LogP contribution in [0.25, 0.3) is 17.0 Å². The van der Waals surface area contributed by atoms with E-state index in [2.05, 4.69) is 15.6 Å². The van der Waals surface area contributed by atoms with Crippen LogP contribution in [0.5, 0.6) is 5.75 Å². The molecule has 3 aromatic carbocycles. The lowest BCUT2D eigenvalue weighted by Gasteiger charge is -2.21. The van der Waals surface area contributed by atoms with Crippen molar-refractivity contribution in [2.24, 2.45) is 0 Å². The molecule has 10 nitrogen and oxygen atoms in total. The first kappa shape index (κ1) is 34.0. The Labute approximate surface area is 276 Å². The zero-order valence-corrected chi connectivity index (χ0v) is 26.9. The molecule has 0 saturated carbocycles. The highest BCUT2D eigenvalue weighted by Gasteiger charge is 2.19. The van der Waals surface area contributed by atoms with E-state index in [1.165, 1.54) is 11.0 Å². The van der Waals surface area contributed by atoms with E-state index in [4.69, 9.17) is 32.7 Å². The molecule has 0 saturated heterocycles. The summed E-state index contributed by atoms with van der Waals surface area (Å²) in [6.07, 6.45) is 2.46. The summed E-state index contributed by atoms with van der Waals surface area (Å²) in [7, 11) is 1.55. The number of pyridine rings is 1. The van der Waals surface area contributed by atoms with Gasteiger partial charge >= 0.3 is 5.97 Å². The number of rotatable bonds is 12. The van der Waals surface area contributed by atoms with Gasteiger partial charge in [0.05, 0.1) is 23.9 Å². The quantitative estimate of drug-likeness (QED) is 0.106. The Morgan fingerprint density at radius 2 is 1.74 bits per heavy atom. The molecule has 0 atom stereocenters. The Bertz CT molecular complexity index is 1790. The molecule has 4 aromatic rings. The molecule has 1 heterocycles. The van der Waals surface area contributed by atoms with Crippen LogP contribution in [0.3, 0.4) is 0 Å². The fourth-order valence-electron chi connectivity index (χ4n) is 4.33. The molecule has 0 spiro atoms. The van der Waals surface area contributed by atoms with Crippen molar-refractivity contribution in [3.05, 3.63) is 99.7 Å². The van der Waals surface area contributed by atoms with Gasteiger partial charge in [-0.3, -0.25) is 19.2 Å². The molecular formula is C34H32Cl2N4O6. The van der Waals surface area contributed by atoms with Crippen LogP contribution in [0.4, 0.5) is 11.4 Å². The Morgan fingerprint density at radius 1 is 0.978 bits per heavy atom. The van der Waals surface area contributed by atoms with Crippen molar-refractivity contribution >= 4 is 75.2 Å². The highest BCUT2D eigenvalue weighted by atomic mass is 35.5. The second-order valence-electron chi connectivity index (χ2n) is 10.1. The van der Waals surface area contributed by atoms with Crippen LogP contribution in [0, 0.1) is 6.92 Å². The molecule has 0 fully saturated rings. The number of fused-ring (bicyclic) bond motifs is 1. The first-order valence-corrected chi connectivity index (χ1v) is 15.0. The number of carbonyl (C=O) groups is 4. The number of hydrogen-bond donors (Lipinski definition) is 2. The molecule has 46 heavy (non-hydrogen) atoms. The summed E-state index contributed by atoms with van der Waals surface area (Å²) in [6.45, 7) is 3.53. The molecule has 3 amide bonds. The molecule has 0 aliphatic heterocycles. The van der Waals surface area contributed by atoms with E-state index in [9.17, 15) is 19.2 Å². The Hall–Kier alpha value is -4.93. The highest BCUT2D eigenvalue weighted by molar-refractivity contribution is 6.38. The van der Waals surface area contributed by atoms with Gasteiger partial charge in [0, 0.05) is 40.5 Å². The number of anilines is 2. The number of aromatic nitrogens is 1. The second-order valence-corrected chi connectivity index (χ2v) is 10.9. The number of ether oxygens (including phenoxy) is 2. The van der Waals surface area contributed by atoms with Gasteiger partial charge < -0.3 is 25.0 Å². The highest BCUT2D eigenvalue weighted by Crippen LogP contribution is 2.35. The average molecular weight is 664 g/mol. The molecule has 0 bridgehead atoms. The predicted octanol–water partition coefficient (Wildman–Crippen LogP) is 6.11. The third kappa shape index (κ3) is 9.06. The number of aryl methyl sites for hydroxylation is 1. The maximum absolute atomic E-state index is 12.9. The monoisotopic (exact) mass is 662 g/mol. The summed E-state index contributed by atoms with van der Waals surface area (Å²) in [4.78, 5) is 54.6. The van der Waals surface area contributed by atoms with E-state index in [0.717, 1.165) is 16.6 Å². The number of esters is 1. The van der Waals surface area contributed by atoms with Crippen molar-refractivity contribution in [2.45, 2.75) is 26.9 Å². The van der Waals surface area contributed by atoms with Crippen molar-refractivity contribution in [3.63, 3.8) is 0 Å². The van der Waals surface area contributed by atoms with Gasteiger partial charge in [0.2, 0.25) is 17.7 Å². The van der Waals surface area contributed by atoms with Crippen LogP contribution < -0.4 is 20.3 Å². The van der Waals surface area contributed by atoms with Crippen molar-refractivity contribution in [1.29, 1.82) is 0 Å². The average Bonchev–Trinajstić information content (AvgIpc) is 3.03. The van der Waals surface area contributed by atoms with Gasteiger partial charge in [-0.15, -0.1) is 0 Å². The number of nitrogens with zero attached hydrogens (tertiary/aromatic N) is 2. The van der Waals surface area contributed by atoms with Crippen LogP contribution in [-0.2, 0) is 30.5 Å². The summed E-state index contributed by atoms with van der Waals surface area (Å²) < 4.78 is 10.8. The number of amides is 3. The Balaban J connectivity index is 1.32. The summed E-state index contributed by atoms with van der Waals surface area (Å²) in [5.41, 5.74) is 3.65. The molecule has 0 aliphatic rings. The van der Waals surface area contributed by atoms with Crippen molar-refractivity contribution < 1.29 is 28.7 Å². The number of para-hydroxylation sites is 1. The Morgan fingerprint density at radius 3 is 2.48 bits per heavy atom. The zero-order chi connectivity index (χ0) is 33.2. The first-order valence-electron chi connectivity index (χ1n) is 14.3. The molecule has 2 N–H and O–H groups in total. The first-order chi connectivity index (χ1) is 22.0. The second kappa shape index (κ2) is 15.9.